The summed E-state index contributed by atoms with van der Waals surface area (Å²) >= 11 is 0. The molecule has 0 bridgehead atoms. The standard InChI is InChI=1S/C16H16N2O2/c1-2-12-17-16(13-6-4-3-5-7-13)14-8-10-15(11-9-14)18(19)20/h2-11,16-17H,1,12H2. The van der Waals surface area contributed by atoms with Gasteiger partial charge >= 0.3 is 0 Å². The van der Waals surface area contributed by atoms with Crippen molar-refractivity contribution in [1.29, 1.82) is 0 Å². The second kappa shape index (κ2) is 6.63. The molecular weight excluding hydrogens is 252 g/mol. The largest absolute Gasteiger partial charge is 0.303 e. The highest BCUT2D eigenvalue weighted by Gasteiger charge is 2.14. The van der Waals surface area contributed by atoms with E-state index in [4.69, 9.17) is 0 Å². The van der Waals surface area contributed by atoms with E-state index in [1.165, 1.54) is 12.1 Å². The summed E-state index contributed by atoms with van der Waals surface area (Å²) < 4.78 is 0. The van der Waals surface area contributed by atoms with E-state index in [2.05, 4.69) is 11.9 Å². The van der Waals surface area contributed by atoms with E-state index < -0.39 is 4.92 Å². The lowest BCUT2D eigenvalue weighted by Gasteiger charge is -2.18. The fourth-order valence-corrected chi connectivity index (χ4v) is 2.06. The maximum atomic E-state index is 10.7. The summed E-state index contributed by atoms with van der Waals surface area (Å²) in [5.41, 5.74) is 2.20. The molecule has 0 radical (unpaired) electrons. The minimum absolute atomic E-state index is 0.00463. The van der Waals surface area contributed by atoms with Gasteiger partial charge in [-0.1, -0.05) is 48.5 Å². The van der Waals surface area contributed by atoms with Gasteiger partial charge in [-0.15, -0.1) is 6.58 Å². The predicted octanol–water partition coefficient (Wildman–Crippen LogP) is 3.46. The molecule has 1 atom stereocenters. The van der Waals surface area contributed by atoms with Crippen molar-refractivity contribution >= 4 is 5.69 Å². The molecule has 0 aliphatic carbocycles. The van der Waals surface area contributed by atoms with Gasteiger partial charge in [0.15, 0.2) is 0 Å². The Morgan fingerprint density at radius 1 is 1.10 bits per heavy atom. The molecule has 0 heterocycles. The van der Waals surface area contributed by atoms with Crippen LogP contribution in [-0.4, -0.2) is 11.5 Å². The summed E-state index contributed by atoms with van der Waals surface area (Å²) in [5, 5.41) is 14.1. The fourth-order valence-electron chi connectivity index (χ4n) is 2.06. The van der Waals surface area contributed by atoms with Crippen LogP contribution in [-0.2, 0) is 0 Å². The first kappa shape index (κ1) is 14.0. The van der Waals surface area contributed by atoms with Crippen LogP contribution in [0.25, 0.3) is 0 Å². The molecule has 0 aliphatic heterocycles. The molecule has 0 fully saturated rings. The van der Waals surface area contributed by atoms with Gasteiger partial charge in [-0.05, 0) is 11.1 Å². The van der Waals surface area contributed by atoms with Crippen molar-refractivity contribution in [3.8, 4) is 0 Å². The van der Waals surface area contributed by atoms with Crippen LogP contribution in [0.4, 0.5) is 5.69 Å². The Morgan fingerprint density at radius 3 is 2.25 bits per heavy atom. The Hall–Kier alpha value is -2.46. The Bertz CT molecular complexity index is 579. The predicted molar refractivity (Wildman–Crippen MR) is 79.6 cm³/mol. The zero-order valence-corrected chi connectivity index (χ0v) is 11.0. The third-order valence-corrected chi connectivity index (χ3v) is 3.04. The highest BCUT2D eigenvalue weighted by molar-refractivity contribution is 5.38. The van der Waals surface area contributed by atoms with E-state index in [0.29, 0.717) is 6.54 Å². The van der Waals surface area contributed by atoms with E-state index in [0.717, 1.165) is 11.1 Å². The molecule has 0 saturated heterocycles. The fraction of sp³-hybridized carbons (Fsp3) is 0.125. The van der Waals surface area contributed by atoms with Crippen molar-refractivity contribution in [2.24, 2.45) is 0 Å². The van der Waals surface area contributed by atoms with Gasteiger partial charge in [-0.3, -0.25) is 10.1 Å². The Kier molecular flexibility index (Phi) is 4.63. The summed E-state index contributed by atoms with van der Waals surface area (Å²) in [4.78, 5) is 10.3. The molecule has 0 amide bonds. The van der Waals surface area contributed by atoms with Crippen molar-refractivity contribution in [2.75, 3.05) is 6.54 Å². The Balaban J connectivity index is 2.31. The first-order valence-electron chi connectivity index (χ1n) is 6.36. The zero-order chi connectivity index (χ0) is 14.4. The molecule has 4 heteroatoms. The quantitative estimate of drug-likeness (QED) is 0.496. The van der Waals surface area contributed by atoms with Crippen molar-refractivity contribution in [2.45, 2.75) is 6.04 Å². The Labute approximate surface area is 117 Å². The third-order valence-electron chi connectivity index (χ3n) is 3.04. The first-order valence-corrected chi connectivity index (χ1v) is 6.36. The average Bonchev–Trinajstić information content (AvgIpc) is 2.49. The van der Waals surface area contributed by atoms with Crippen LogP contribution in [0.15, 0.2) is 67.3 Å². The van der Waals surface area contributed by atoms with E-state index in [9.17, 15) is 10.1 Å². The SMILES string of the molecule is C=CCNC(c1ccccc1)c1ccc([N+](=O)[O-])cc1. The van der Waals surface area contributed by atoms with E-state index >= 15 is 0 Å². The van der Waals surface area contributed by atoms with E-state index in [1.807, 2.05) is 30.3 Å². The van der Waals surface area contributed by atoms with Gasteiger partial charge < -0.3 is 5.32 Å². The maximum absolute atomic E-state index is 10.7. The topological polar surface area (TPSA) is 55.2 Å². The highest BCUT2D eigenvalue weighted by Crippen LogP contribution is 2.23. The van der Waals surface area contributed by atoms with E-state index in [-0.39, 0.29) is 11.7 Å². The second-order valence-corrected chi connectivity index (χ2v) is 4.39. The van der Waals surface area contributed by atoms with E-state index in [1.54, 1.807) is 18.2 Å². The summed E-state index contributed by atoms with van der Waals surface area (Å²) in [7, 11) is 0. The minimum Gasteiger partial charge on any atom is -0.303 e. The molecule has 0 spiro atoms. The van der Waals surface area contributed by atoms with Crippen LogP contribution in [0, 0.1) is 10.1 Å². The van der Waals surface area contributed by atoms with Crippen LogP contribution < -0.4 is 5.32 Å². The van der Waals surface area contributed by atoms with Crippen LogP contribution in [0.1, 0.15) is 17.2 Å². The minimum atomic E-state index is -0.390. The number of hydrogen-bond donors (Lipinski definition) is 1. The molecule has 0 aliphatic rings. The second-order valence-electron chi connectivity index (χ2n) is 4.39. The van der Waals surface area contributed by atoms with Crippen LogP contribution in [0.5, 0.6) is 0 Å². The summed E-state index contributed by atoms with van der Waals surface area (Å²) in [6.07, 6.45) is 1.79. The molecule has 2 rings (SSSR count). The lowest BCUT2D eigenvalue weighted by atomic mass is 9.98. The molecule has 1 unspecified atom stereocenters. The van der Waals surface area contributed by atoms with Crippen molar-refractivity contribution in [1.82, 2.24) is 5.32 Å². The maximum Gasteiger partial charge on any atom is 0.269 e. The third kappa shape index (κ3) is 3.30. The number of nitro benzene ring substituents is 1. The van der Waals surface area contributed by atoms with Gasteiger partial charge in [0.1, 0.15) is 0 Å². The average molecular weight is 268 g/mol. The normalized spacial score (nSPS) is 11.8. The lowest BCUT2D eigenvalue weighted by molar-refractivity contribution is -0.384. The zero-order valence-electron chi connectivity index (χ0n) is 11.0. The van der Waals surface area contributed by atoms with Crippen LogP contribution in [0.2, 0.25) is 0 Å². The summed E-state index contributed by atoms with van der Waals surface area (Å²) in [6.45, 7) is 4.37. The first-order chi connectivity index (χ1) is 9.72. The highest BCUT2D eigenvalue weighted by atomic mass is 16.6. The Morgan fingerprint density at radius 2 is 1.70 bits per heavy atom. The van der Waals surface area contributed by atoms with Crippen molar-refractivity contribution in [3.05, 3.63) is 88.5 Å². The smallest absolute Gasteiger partial charge is 0.269 e. The van der Waals surface area contributed by atoms with Crippen molar-refractivity contribution in [3.63, 3.8) is 0 Å². The van der Waals surface area contributed by atoms with Gasteiger partial charge in [0, 0.05) is 18.7 Å². The molecule has 0 saturated carbocycles. The summed E-state index contributed by atoms with van der Waals surface area (Å²) in [5.74, 6) is 0. The number of nitro groups is 1. The number of rotatable bonds is 6. The van der Waals surface area contributed by atoms with Crippen LogP contribution in [0.3, 0.4) is 0 Å². The monoisotopic (exact) mass is 268 g/mol. The van der Waals surface area contributed by atoms with Gasteiger partial charge in [-0.25, -0.2) is 0 Å². The molecule has 20 heavy (non-hydrogen) atoms. The lowest BCUT2D eigenvalue weighted by Crippen LogP contribution is -2.22. The number of nitrogens with zero attached hydrogens (tertiary/aromatic N) is 1. The molecule has 1 N–H and O–H groups in total. The summed E-state index contributed by atoms with van der Waals surface area (Å²) in [6, 6.07) is 16.6. The number of hydrogen-bond acceptors (Lipinski definition) is 3. The molecule has 2 aromatic rings. The molecule has 2 aromatic carbocycles. The van der Waals surface area contributed by atoms with Gasteiger partial charge in [-0.2, -0.15) is 0 Å². The number of benzene rings is 2. The number of non-ortho nitro benzene ring substituents is 1. The van der Waals surface area contributed by atoms with Gasteiger partial charge in [0.25, 0.3) is 5.69 Å². The molecular formula is C16H16N2O2. The van der Waals surface area contributed by atoms with Gasteiger partial charge in [0.05, 0.1) is 11.0 Å². The van der Waals surface area contributed by atoms with Gasteiger partial charge in [0.2, 0.25) is 0 Å². The van der Waals surface area contributed by atoms with Crippen molar-refractivity contribution < 1.29 is 4.92 Å². The molecule has 102 valence electrons. The molecule has 4 nitrogen and oxygen atoms in total. The van der Waals surface area contributed by atoms with Crippen LogP contribution >= 0.6 is 0 Å². The number of nitrogens with one attached hydrogen (secondary N) is 1. The molecule has 0 aromatic heterocycles.